The Morgan fingerprint density at radius 1 is 1.64 bits per heavy atom. The van der Waals surface area contributed by atoms with Gasteiger partial charge in [-0.25, -0.2) is 0 Å². The standard InChI is InChI=1S/C11H13NOS/c1-4-9(6-12)11(13)10-5-7(2)8(3)14-10/h5,9H,4H2,1-3H3. The van der Waals surface area contributed by atoms with E-state index in [-0.39, 0.29) is 5.78 Å². The number of nitrogens with zero attached hydrogens (tertiary/aromatic N) is 1. The maximum atomic E-state index is 11.8. The zero-order valence-electron chi connectivity index (χ0n) is 8.63. The van der Waals surface area contributed by atoms with Gasteiger partial charge in [-0.2, -0.15) is 5.26 Å². The molecule has 1 aromatic heterocycles. The van der Waals surface area contributed by atoms with Gasteiger partial charge in [0, 0.05) is 4.88 Å². The summed E-state index contributed by atoms with van der Waals surface area (Å²) in [6.45, 7) is 5.83. The Hall–Kier alpha value is -1.14. The number of carbonyl (C=O) groups is 1. The van der Waals surface area contributed by atoms with Gasteiger partial charge in [0.25, 0.3) is 0 Å². The highest BCUT2D eigenvalue weighted by Crippen LogP contribution is 2.23. The Kier molecular flexibility index (Phi) is 3.43. The first-order chi connectivity index (χ1) is 6.60. The van der Waals surface area contributed by atoms with Crippen LogP contribution in [0, 0.1) is 31.1 Å². The minimum Gasteiger partial charge on any atom is -0.292 e. The molecule has 2 nitrogen and oxygen atoms in total. The monoisotopic (exact) mass is 207 g/mol. The van der Waals surface area contributed by atoms with Crippen LogP contribution in [0.15, 0.2) is 6.07 Å². The van der Waals surface area contributed by atoms with Gasteiger partial charge in [0.05, 0.1) is 10.9 Å². The van der Waals surface area contributed by atoms with Crippen molar-refractivity contribution in [1.82, 2.24) is 0 Å². The van der Waals surface area contributed by atoms with E-state index in [4.69, 9.17) is 5.26 Å². The molecule has 0 saturated heterocycles. The Bertz CT molecular complexity index is 367. The van der Waals surface area contributed by atoms with Crippen molar-refractivity contribution < 1.29 is 4.79 Å². The summed E-state index contributed by atoms with van der Waals surface area (Å²) >= 11 is 1.48. The zero-order valence-corrected chi connectivity index (χ0v) is 9.44. The Labute approximate surface area is 88.2 Å². The summed E-state index contributed by atoms with van der Waals surface area (Å²) in [6, 6.07) is 3.91. The molecule has 1 unspecified atom stereocenters. The van der Waals surface area contributed by atoms with Crippen molar-refractivity contribution in [2.75, 3.05) is 0 Å². The van der Waals surface area contributed by atoms with E-state index in [0.717, 1.165) is 10.4 Å². The molecule has 1 atom stereocenters. The predicted molar refractivity (Wildman–Crippen MR) is 57.5 cm³/mol. The van der Waals surface area contributed by atoms with E-state index in [1.807, 2.05) is 32.9 Å². The van der Waals surface area contributed by atoms with Gasteiger partial charge in [0.15, 0.2) is 5.78 Å². The maximum absolute atomic E-state index is 11.8. The van der Waals surface area contributed by atoms with Crippen molar-refractivity contribution in [3.63, 3.8) is 0 Å². The molecule has 1 rings (SSSR count). The highest BCUT2D eigenvalue weighted by atomic mass is 32.1. The van der Waals surface area contributed by atoms with Crippen LogP contribution in [0.2, 0.25) is 0 Å². The quantitative estimate of drug-likeness (QED) is 0.714. The van der Waals surface area contributed by atoms with Crippen molar-refractivity contribution in [1.29, 1.82) is 5.26 Å². The van der Waals surface area contributed by atoms with E-state index in [1.54, 1.807) is 0 Å². The van der Waals surface area contributed by atoms with Gasteiger partial charge in [-0.3, -0.25) is 4.79 Å². The van der Waals surface area contributed by atoms with Gasteiger partial charge >= 0.3 is 0 Å². The van der Waals surface area contributed by atoms with Gasteiger partial charge in [0.2, 0.25) is 0 Å². The molecule has 0 N–H and O–H groups in total. The second-order valence-corrected chi connectivity index (χ2v) is 4.56. The maximum Gasteiger partial charge on any atom is 0.189 e. The molecule has 0 aromatic carbocycles. The first kappa shape index (κ1) is 10.9. The van der Waals surface area contributed by atoms with Gasteiger partial charge in [-0.1, -0.05) is 6.92 Å². The van der Waals surface area contributed by atoms with E-state index in [9.17, 15) is 4.79 Å². The van der Waals surface area contributed by atoms with E-state index in [2.05, 4.69) is 0 Å². The van der Waals surface area contributed by atoms with Crippen molar-refractivity contribution in [2.45, 2.75) is 27.2 Å². The number of Topliss-reactive ketones (excluding diaryl/α,β-unsaturated/α-hetero) is 1. The fourth-order valence-electron chi connectivity index (χ4n) is 1.20. The number of aryl methyl sites for hydroxylation is 2. The summed E-state index contributed by atoms with van der Waals surface area (Å²) < 4.78 is 0. The van der Waals surface area contributed by atoms with Crippen LogP contribution in [0.3, 0.4) is 0 Å². The van der Waals surface area contributed by atoms with Gasteiger partial charge < -0.3 is 0 Å². The van der Waals surface area contributed by atoms with Crippen molar-refractivity contribution in [3.8, 4) is 6.07 Å². The largest absolute Gasteiger partial charge is 0.292 e. The number of hydrogen-bond acceptors (Lipinski definition) is 3. The molecule has 74 valence electrons. The van der Waals surface area contributed by atoms with Gasteiger partial charge in [0.1, 0.15) is 5.92 Å². The number of nitriles is 1. The molecule has 0 aliphatic rings. The lowest BCUT2D eigenvalue weighted by molar-refractivity contribution is 0.0950. The minimum absolute atomic E-state index is 0.0313. The summed E-state index contributed by atoms with van der Waals surface area (Å²) in [5, 5.41) is 8.77. The second kappa shape index (κ2) is 4.39. The lowest BCUT2D eigenvalue weighted by Gasteiger charge is -2.00. The average Bonchev–Trinajstić information content (AvgIpc) is 2.49. The van der Waals surface area contributed by atoms with E-state index in [1.165, 1.54) is 11.3 Å². The Morgan fingerprint density at radius 2 is 2.29 bits per heavy atom. The molecule has 0 spiro atoms. The fraction of sp³-hybridized carbons (Fsp3) is 0.455. The predicted octanol–water partition coefficient (Wildman–Crippen LogP) is 3.10. The Morgan fingerprint density at radius 3 is 2.64 bits per heavy atom. The molecule has 1 heterocycles. The van der Waals surface area contributed by atoms with E-state index >= 15 is 0 Å². The molecule has 14 heavy (non-hydrogen) atoms. The average molecular weight is 207 g/mol. The first-order valence-electron chi connectivity index (χ1n) is 4.61. The van der Waals surface area contributed by atoms with E-state index < -0.39 is 5.92 Å². The normalized spacial score (nSPS) is 12.1. The molecule has 0 fully saturated rings. The summed E-state index contributed by atoms with van der Waals surface area (Å²) in [5.41, 5.74) is 1.13. The first-order valence-corrected chi connectivity index (χ1v) is 5.42. The van der Waals surface area contributed by atoms with Crippen LogP contribution < -0.4 is 0 Å². The molecule has 0 bridgehead atoms. The smallest absolute Gasteiger partial charge is 0.189 e. The van der Waals surface area contributed by atoms with E-state index in [0.29, 0.717) is 11.3 Å². The van der Waals surface area contributed by atoms with Crippen molar-refractivity contribution >= 4 is 17.1 Å². The van der Waals surface area contributed by atoms with Crippen LogP contribution in [-0.4, -0.2) is 5.78 Å². The highest BCUT2D eigenvalue weighted by molar-refractivity contribution is 7.14. The zero-order chi connectivity index (χ0) is 10.7. The van der Waals surface area contributed by atoms with Crippen LogP contribution in [-0.2, 0) is 0 Å². The summed E-state index contributed by atoms with van der Waals surface area (Å²) in [4.78, 5) is 13.6. The fourth-order valence-corrected chi connectivity index (χ4v) is 2.23. The summed E-state index contributed by atoms with van der Waals surface area (Å²) in [5.74, 6) is -0.511. The Balaban J connectivity index is 2.95. The van der Waals surface area contributed by atoms with Crippen LogP contribution >= 0.6 is 11.3 Å². The number of rotatable bonds is 3. The topological polar surface area (TPSA) is 40.9 Å². The second-order valence-electron chi connectivity index (χ2n) is 3.30. The number of hydrogen-bond donors (Lipinski definition) is 0. The molecule has 0 amide bonds. The van der Waals surface area contributed by atoms with Crippen LogP contribution in [0.5, 0.6) is 0 Å². The van der Waals surface area contributed by atoms with Crippen molar-refractivity contribution in [2.24, 2.45) is 5.92 Å². The lowest BCUT2D eigenvalue weighted by Crippen LogP contribution is -2.10. The van der Waals surface area contributed by atoms with Crippen molar-refractivity contribution in [3.05, 3.63) is 21.4 Å². The lowest BCUT2D eigenvalue weighted by atomic mass is 10.0. The SMILES string of the molecule is CCC(C#N)C(=O)c1cc(C)c(C)s1. The molecule has 3 heteroatoms. The molecule has 0 aliphatic carbocycles. The third-order valence-electron chi connectivity index (χ3n) is 2.29. The van der Waals surface area contributed by atoms with Gasteiger partial charge in [-0.05, 0) is 31.9 Å². The highest BCUT2D eigenvalue weighted by Gasteiger charge is 2.19. The number of ketones is 1. The molecule has 0 radical (unpaired) electrons. The molecule has 0 aliphatic heterocycles. The van der Waals surface area contributed by atoms with Crippen LogP contribution in [0.25, 0.3) is 0 Å². The number of carbonyl (C=O) groups excluding carboxylic acids is 1. The van der Waals surface area contributed by atoms with Crippen LogP contribution in [0.4, 0.5) is 0 Å². The van der Waals surface area contributed by atoms with Gasteiger partial charge in [-0.15, -0.1) is 11.3 Å². The summed E-state index contributed by atoms with van der Waals surface area (Å²) in [7, 11) is 0. The third kappa shape index (κ3) is 2.02. The van der Waals surface area contributed by atoms with Crippen LogP contribution in [0.1, 0.15) is 33.5 Å². The molecular weight excluding hydrogens is 194 g/mol. The number of thiophene rings is 1. The molecular formula is C11H13NOS. The minimum atomic E-state index is -0.479. The third-order valence-corrected chi connectivity index (χ3v) is 3.46. The summed E-state index contributed by atoms with van der Waals surface area (Å²) in [6.07, 6.45) is 0.589. The molecule has 1 aromatic rings. The molecule has 0 saturated carbocycles.